The van der Waals surface area contributed by atoms with Crippen molar-refractivity contribution in [2.45, 2.75) is 6.42 Å². The molecule has 0 bridgehead atoms. The van der Waals surface area contributed by atoms with Gasteiger partial charge >= 0.3 is 0 Å². The van der Waals surface area contributed by atoms with E-state index < -0.39 is 0 Å². The third-order valence-corrected chi connectivity index (χ3v) is 2.01. The monoisotopic (exact) mass is 239 g/mol. The first-order valence-corrected chi connectivity index (χ1v) is 5.29. The molecule has 17 heavy (non-hydrogen) atoms. The Kier molecular flexibility index (Phi) is 5.73. The van der Waals surface area contributed by atoms with Gasteiger partial charge in [-0.3, -0.25) is 4.79 Å². The highest BCUT2D eigenvalue weighted by atomic mass is 16.5. The second-order valence-electron chi connectivity index (χ2n) is 3.35. The number of hydrogen-bond acceptors (Lipinski definition) is 6. The van der Waals surface area contributed by atoms with Crippen LogP contribution in [0.5, 0.6) is 0 Å². The molecule has 1 heterocycles. The predicted octanol–water partition coefficient (Wildman–Crippen LogP) is -0.377. The van der Waals surface area contributed by atoms with Crippen LogP contribution < -0.4 is 16.4 Å². The smallest absolute Gasteiger partial charge is 0.221 e. The number of nitrogens with two attached hydrogens (primary N) is 1. The quantitative estimate of drug-likeness (QED) is 0.561. The summed E-state index contributed by atoms with van der Waals surface area (Å²) in [5, 5.41) is 5.68. The van der Waals surface area contributed by atoms with Crippen LogP contribution in [0.2, 0.25) is 0 Å². The molecule has 1 rings (SSSR count). The van der Waals surface area contributed by atoms with Crippen molar-refractivity contribution in [3.63, 3.8) is 0 Å². The molecule has 1 aromatic heterocycles. The molecule has 0 aromatic carbocycles. The van der Waals surface area contributed by atoms with Crippen LogP contribution in [0.15, 0.2) is 12.5 Å². The number of methoxy groups -OCH3 is 1. The van der Waals surface area contributed by atoms with Crippen LogP contribution in [0.3, 0.4) is 0 Å². The van der Waals surface area contributed by atoms with Gasteiger partial charge in [0, 0.05) is 26.6 Å². The maximum Gasteiger partial charge on any atom is 0.221 e. The number of anilines is 2. The summed E-state index contributed by atoms with van der Waals surface area (Å²) in [6.07, 6.45) is 3.26. The molecule has 1 aromatic rings. The Hall–Kier alpha value is -1.89. The summed E-state index contributed by atoms with van der Waals surface area (Å²) in [4.78, 5) is 19.0. The molecular formula is C10H17N5O2. The van der Waals surface area contributed by atoms with Gasteiger partial charge in [-0.1, -0.05) is 0 Å². The third-order valence-electron chi connectivity index (χ3n) is 2.01. The zero-order chi connectivity index (χ0) is 12.5. The van der Waals surface area contributed by atoms with Gasteiger partial charge in [0.1, 0.15) is 6.33 Å². The predicted molar refractivity (Wildman–Crippen MR) is 64.4 cm³/mol. The number of nitrogen functional groups attached to an aromatic ring is 1. The number of ether oxygens (including phenoxy) is 1. The number of carbonyl (C=O) groups excluding carboxylic acids is 1. The Morgan fingerprint density at radius 3 is 3.06 bits per heavy atom. The molecule has 0 aliphatic rings. The van der Waals surface area contributed by atoms with E-state index in [0.29, 0.717) is 37.6 Å². The maximum absolute atomic E-state index is 11.3. The topological polar surface area (TPSA) is 102 Å². The normalized spacial score (nSPS) is 9.94. The van der Waals surface area contributed by atoms with E-state index in [1.807, 2.05) is 0 Å². The van der Waals surface area contributed by atoms with E-state index >= 15 is 0 Å². The molecule has 0 saturated heterocycles. The van der Waals surface area contributed by atoms with Gasteiger partial charge in [0.15, 0.2) is 5.82 Å². The number of hydrogen-bond donors (Lipinski definition) is 3. The number of nitrogens with one attached hydrogen (secondary N) is 2. The van der Waals surface area contributed by atoms with Gasteiger partial charge in [-0.05, 0) is 0 Å². The van der Waals surface area contributed by atoms with Crippen molar-refractivity contribution >= 4 is 17.4 Å². The second kappa shape index (κ2) is 7.39. The average Bonchev–Trinajstić information content (AvgIpc) is 2.32. The summed E-state index contributed by atoms with van der Waals surface area (Å²) in [5.74, 6) is 0.506. The minimum atomic E-state index is -0.0397. The standard InChI is InChI=1S/C10H17N5O2/c1-17-5-4-13-9(16)2-3-14-10-8(11)6-12-7-15-10/h6-7H,2-5,11H2,1H3,(H,13,16)(H,12,14,15). The molecule has 0 radical (unpaired) electrons. The summed E-state index contributed by atoms with van der Waals surface area (Å²) in [6.45, 7) is 1.50. The van der Waals surface area contributed by atoms with E-state index in [4.69, 9.17) is 10.5 Å². The third kappa shape index (κ3) is 5.12. The molecule has 0 saturated carbocycles. The van der Waals surface area contributed by atoms with Gasteiger partial charge in [-0.15, -0.1) is 0 Å². The summed E-state index contributed by atoms with van der Waals surface area (Å²) in [5.41, 5.74) is 6.10. The first-order chi connectivity index (χ1) is 8.24. The van der Waals surface area contributed by atoms with E-state index in [0.717, 1.165) is 0 Å². The van der Waals surface area contributed by atoms with Gasteiger partial charge in [-0.25, -0.2) is 9.97 Å². The highest BCUT2D eigenvalue weighted by Gasteiger charge is 2.02. The molecule has 0 atom stereocenters. The van der Waals surface area contributed by atoms with Crippen molar-refractivity contribution in [1.29, 1.82) is 0 Å². The molecular weight excluding hydrogens is 222 g/mol. The van der Waals surface area contributed by atoms with Crippen molar-refractivity contribution in [3.8, 4) is 0 Å². The molecule has 7 nitrogen and oxygen atoms in total. The van der Waals surface area contributed by atoms with Gasteiger partial charge in [0.05, 0.1) is 18.5 Å². The fourth-order valence-electron chi connectivity index (χ4n) is 1.16. The lowest BCUT2D eigenvalue weighted by molar-refractivity contribution is -0.121. The van der Waals surface area contributed by atoms with Crippen LogP contribution >= 0.6 is 0 Å². The van der Waals surface area contributed by atoms with Crippen LogP contribution in [0.25, 0.3) is 0 Å². The lowest BCUT2D eigenvalue weighted by atomic mass is 10.4. The van der Waals surface area contributed by atoms with Crippen LogP contribution in [0, 0.1) is 0 Å². The number of aromatic nitrogens is 2. The SMILES string of the molecule is COCCNC(=O)CCNc1ncncc1N. The van der Waals surface area contributed by atoms with Crippen LogP contribution in [0.4, 0.5) is 11.5 Å². The largest absolute Gasteiger partial charge is 0.394 e. The van der Waals surface area contributed by atoms with E-state index in [-0.39, 0.29) is 5.91 Å². The molecule has 0 unspecified atom stereocenters. The number of carbonyl (C=O) groups is 1. The Balaban J connectivity index is 2.19. The molecule has 0 aliphatic heterocycles. The van der Waals surface area contributed by atoms with Crippen molar-refractivity contribution in [1.82, 2.24) is 15.3 Å². The zero-order valence-corrected chi connectivity index (χ0v) is 9.77. The van der Waals surface area contributed by atoms with E-state index in [9.17, 15) is 4.79 Å². The molecule has 0 fully saturated rings. The van der Waals surface area contributed by atoms with E-state index in [1.165, 1.54) is 12.5 Å². The van der Waals surface area contributed by atoms with Gasteiger partial charge < -0.3 is 21.1 Å². The van der Waals surface area contributed by atoms with E-state index in [2.05, 4.69) is 20.6 Å². The molecule has 0 spiro atoms. The Morgan fingerprint density at radius 1 is 1.53 bits per heavy atom. The number of nitrogens with zero attached hydrogens (tertiary/aromatic N) is 2. The summed E-state index contributed by atoms with van der Waals surface area (Å²) in [7, 11) is 1.59. The molecule has 0 aliphatic carbocycles. The summed E-state index contributed by atoms with van der Waals surface area (Å²) < 4.78 is 4.82. The summed E-state index contributed by atoms with van der Waals surface area (Å²) in [6, 6.07) is 0. The molecule has 7 heteroatoms. The Labute approximate surface area is 99.8 Å². The highest BCUT2D eigenvalue weighted by Crippen LogP contribution is 2.10. The van der Waals surface area contributed by atoms with Crippen LogP contribution in [0.1, 0.15) is 6.42 Å². The van der Waals surface area contributed by atoms with Gasteiger partial charge in [0.25, 0.3) is 0 Å². The van der Waals surface area contributed by atoms with E-state index in [1.54, 1.807) is 7.11 Å². The lowest BCUT2D eigenvalue weighted by Crippen LogP contribution is -2.28. The Bertz CT molecular complexity index is 358. The Morgan fingerprint density at radius 2 is 2.35 bits per heavy atom. The second-order valence-corrected chi connectivity index (χ2v) is 3.35. The van der Waals surface area contributed by atoms with Crippen LogP contribution in [-0.4, -0.2) is 42.7 Å². The number of amides is 1. The minimum Gasteiger partial charge on any atom is -0.394 e. The highest BCUT2D eigenvalue weighted by molar-refractivity contribution is 5.76. The fraction of sp³-hybridized carbons (Fsp3) is 0.500. The van der Waals surface area contributed by atoms with Crippen molar-refractivity contribution < 1.29 is 9.53 Å². The molecule has 94 valence electrons. The maximum atomic E-state index is 11.3. The lowest BCUT2D eigenvalue weighted by Gasteiger charge is -2.07. The van der Waals surface area contributed by atoms with Gasteiger partial charge in [0.2, 0.25) is 5.91 Å². The zero-order valence-electron chi connectivity index (χ0n) is 9.77. The number of rotatable bonds is 7. The van der Waals surface area contributed by atoms with Gasteiger partial charge in [-0.2, -0.15) is 0 Å². The van der Waals surface area contributed by atoms with Crippen molar-refractivity contribution in [2.24, 2.45) is 0 Å². The first-order valence-electron chi connectivity index (χ1n) is 5.29. The molecule has 4 N–H and O–H groups in total. The first kappa shape index (κ1) is 13.2. The molecule has 1 amide bonds. The van der Waals surface area contributed by atoms with Crippen molar-refractivity contribution in [3.05, 3.63) is 12.5 Å². The average molecular weight is 239 g/mol. The van der Waals surface area contributed by atoms with Crippen molar-refractivity contribution in [2.75, 3.05) is 37.9 Å². The fourth-order valence-corrected chi connectivity index (χ4v) is 1.16. The summed E-state index contributed by atoms with van der Waals surface area (Å²) >= 11 is 0. The van der Waals surface area contributed by atoms with Crippen LogP contribution in [-0.2, 0) is 9.53 Å². The minimum absolute atomic E-state index is 0.0397.